The number of benzene rings is 1. The summed E-state index contributed by atoms with van der Waals surface area (Å²) in [6.45, 7) is 0. The predicted octanol–water partition coefficient (Wildman–Crippen LogP) is 4.06. The van der Waals surface area contributed by atoms with Gasteiger partial charge in [0, 0.05) is 6.04 Å². The standard InChI is InChI=1S/C13H17ClFN/c14-12-10(7-4-8-11(12)15)13(16)9-5-2-1-3-6-9/h4,7-9,13H,1-3,5-6,16H2/t13-/m1/s1. The van der Waals surface area contributed by atoms with E-state index in [1.807, 2.05) is 6.07 Å². The van der Waals surface area contributed by atoms with Crippen molar-refractivity contribution >= 4 is 11.6 Å². The number of hydrogen-bond acceptors (Lipinski definition) is 1. The van der Waals surface area contributed by atoms with Crippen molar-refractivity contribution < 1.29 is 4.39 Å². The highest BCUT2D eigenvalue weighted by Gasteiger charge is 2.24. The van der Waals surface area contributed by atoms with Crippen LogP contribution in [0.2, 0.25) is 5.02 Å². The first-order chi connectivity index (χ1) is 7.70. The van der Waals surface area contributed by atoms with Gasteiger partial charge in [-0.2, -0.15) is 0 Å². The lowest BCUT2D eigenvalue weighted by Gasteiger charge is -2.28. The van der Waals surface area contributed by atoms with E-state index in [1.54, 1.807) is 6.07 Å². The molecule has 1 nitrogen and oxygen atoms in total. The van der Waals surface area contributed by atoms with Crippen LogP contribution in [0.4, 0.5) is 4.39 Å². The van der Waals surface area contributed by atoms with Crippen LogP contribution in [0.15, 0.2) is 18.2 Å². The average Bonchev–Trinajstić information content (AvgIpc) is 2.33. The molecule has 2 rings (SSSR count). The Morgan fingerprint density at radius 2 is 1.94 bits per heavy atom. The van der Waals surface area contributed by atoms with E-state index in [9.17, 15) is 4.39 Å². The topological polar surface area (TPSA) is 26.0 Å². The summed E-state index contributed by atoms with van der Waals surface area (Å²) in [5.74, 6) is 0.0819. The Kier molecular flexibility index (Phi) is 3.82. The quantitative estimate of drug-likeness (QED) is 0.830. The highest BCUT2D eigenvalue weighted by molar-refractivity contribution is 6.31. The molecule has 1 fully saturated rings. The van der Waals surface area contributed by atoms with E-state index in [0.29, 0.717) is 5.92 Å². The van der Waals surface area contributed by atoms with E-state index in [1.165, 1.54) is 25.3 Å². The second kappa shape index (κ2) is 5.15. The summed E-state index contributed by atoms with van der Waals surface area (Å²) in [6, 6.07) is 4.77. The van der Waals surface area contributed by atoms with Crippen molar-refractivity contribution in [3.8, 4) is 0 Å². The molecule has 0 unspecified atom stereocenters. The molecule has 16 heavy (non-hydrogen) atoms. The minimum Gasteiger partial charge on any atom is -0.324 e. The van der Waals surface area contributed by atoms with Crippen molar-refractivity contribution in [3.63, 3.8) is 0 Å². The van der Waals surface area contributed by atoms with E-state index in [-0.39, 0.29) is 16.9 Å². The number of nitrogens with two attached hydrogens (primary N) is 1. The molecule has 0 aromatic heterocycles. The molecule has 0 radical (unpaired) electrons. The Balaban J connectivity index is 2.19. The third-order valence-corrected chi connectivity index (χ3v) is 3.90. The van der Waals surface area contributed by atoms with Crippen molar-refractivity contribution in [3.05, 3.63) is 34.6 Å². The molecule has 3 heteroatoms. The van der Waals surface area contributed by atoms with Crippen molar-refractivity contribution in [2.24, 2.45) is 11.7 Å². The van der Waals surface area contributed by atoms with Crippen molar-refractivity contribution in [2.45, 2.75) is 38.1 Å². The van der Waals surface area contributed by atoms with E-state index in [2.05, 4.69) is 0 Å². The smallest absolute Gasteiger partial charge is 0.142 e. The van der Waals surface area contributed by atoms with Gasteiger partial charge in [-0.25, -0.2) is 4.39 Å². The summed E-state index contributed by atoms with van der Waals surface area (Å²) in [7, 11) is 0. The Morgan fingerprint density at radius 1 is 1.25 bits per heavy atom. The Hall–Kier alpha value is -0.600. The third-order valence-electron chi connectivity index (χ3n) is 3.50. The van der Waals surface area contributed by atoms with E-state index < -0.39 is 0 Å². The molecule has 1 aliphatic rings. The van der Waals surface area contributed by atoms with Gasteiger partial charge >= 0.3 is 0 Å². The molecular formula is C13H17ClFN. The van der Waals surface area contributed by atoms with Crippen LogP contribution in [0.3, 0.4) is 0 Å². The number of rotatable bonds is 2. The largest absolute Gasteiger partial charge is 0.324 e. The van der Waals surface area contributed by atoms with Gasteiger partial charge in [-0.3, -0.25) is 0 Å². The lowest BCUT2D eigenvalue weighted by Crippen LogP contribution is -2.24. The van der Waals surface area contributed by atoms with Gasteiger partial charge in [0.1, 0.15) is 5.82 Å². The lowest BCUT2D eigenvalue weighted by atomic mass is 9.81. The van der Waals surface area contributed by atoms with Gasteiger partial charge in [0.05, 0.1) is 5.02 Å². The highest BCUT2D eigenvalue weighted by atomic mass is 35.5. The maximum atomic E-state index is 13.3. The lowest BCUT2D eigenvalue weighted by molar-refractivity contribution is 0.308. The minimum atomic E-state index is -0.370. The average molecular weight is 242 g/mol. The molecule has 0 heterocycles. The Labute approximate surface area is 101 Å². The van der Waals surface area contributed by atoms with Gasteiger partial charge in [-0.15, -0.1) is 0 Å². The molecule has 1 aliphatic carbocycles. The molecular weight excluding hydrogens is 225 g/mol. The molecule has 1 atom stereocenters. The van der Waals surface area contributed by atoms with Crippen LogP contribution in [-0.2, 0) is 0 Å². The van der Waals surface area contributed by atoms with Crippen LogP contribution < -0.4 is 5.73 Å². The fourth-order valence-corrected chi connectivity index (χ4v) is 2.78. The molecule has 0 bridgehead atoms. The highest BCUT2D eigenvalue weighted by Crippen LogP contribution is 2.36. The Morgan fingerprint density at radius 3 is 2.62 bits per heavy atom. The first-order valence-electron chi connectivity index (χ1n) is 5.89. The first-order valence-corrected chi connectivity index (χ1v) is 6.27. The molecule has 1 aromatic carbocycles. The molecule has 2 N–H and O–H groups in total. The SMILES string of the molecule is N[C@@H](c1cccc(F)c1Cl)C1CCCCC1. The zero-order chi connectivity index (χ0) is 11.5. The maximum absolute atomic E-state index is 13.3. The molecule has 88 valence electrons. The van der Waals surface area contributed by atoms with Gasteiger partial charge in [0.15, 0.2) is 0 Å². The number of halogens is 2. The minimum absolute atomic E-state index is 0.122. The third kappa shape index (κ3) is 2.38. The first kappa shape index (κ1) is 11.9. The normalized spacial score (nSPS) is 19.7. The van der Waals surface area contributed by atoms with Crippen molar-refractivity contribution in [1.29, 1.82) is 0 Å². The molecule has 1 saturated carbocycles. The fourth-order valence-electron chi connectivity index (χ4n) is 2.53. The predicted molar refractivity (Wildman–Crippen MR) is 64.9 cm³/mol. The van der Waals surface area contributed by atoms with Crippen molar-refractivity contribution in [1.82, 2.24) is 0 Å². The summed E-state index contributed by atoms with van der Waals surface area (Å²) in [5, 5.41) is 0.195. The summed E-state index contributed by atoms with van der Waals surface area (Å²) < 4.78 is 13.3. The zero-order valence-electron chi connectivity index (χ0n) is 9.26. The van der Waals surface area contributed by atoms with Gasteiger partial charge in [-0.1, -0.05) is 43.0 Å². The van der Waals surface area contributed by atoms with Crippen LogP contribution in [0.5, 0.6) is 0 Å². The van der Waals surface area contributed by atoms with Gasteiger partial charge in [0.25, 0.3) is 0 Å². The maximum Gasteiger partial charge on any atom is 0.142 e. The van der Waals surface area contributed by atoms with Crippen LogP contribution in [0.1, 0.15) is 43.7 Å². The molecule has 0 spiro atoms. The Bertz CT molecular complexity index is 361. The van der Waals surface area contributed by atoms with E-state index >= 15 is 0 Å². The van der Waals surface area contributed by atoms with Crippen LogP contribution in [-0.4, -0.2) is 0 Å². The molecule has 1 aromatic rings. The monoisotopic (exact) mass is 241 g/mol. The fraction of sp³-hybridized carbons (Fsp3) is 0.538. The van der Waals surface area contributed by atoms with Crippen LogP contribution in [0.25, 0.3) is 0 Å². The summed E-state index contributed by atoms with van der Waals surface area (Å²) in [6.07, 6.45) is 6.01. The summed E-state index contributed by atoms with van der Waals surface area (Å²) in [4.78, 5) is 0. The summed E-state index contributed by atoms with van der Waals surface area (Å²) in [5.41, 5.74) is 6.95. The number of hydrogen-bond donors (Lipinski definition) is 1. The molecule has 0 aliphatic heterocycles. The molecule has 0 saturated heterocycles. The van der Waals surface area contributed by atoms with E-state index in [4.69, 9.17) is 17.3 Å². The van der Waals surface area contributed by atoms with Gasteiger partial charge < -0.3 is 5.73 Å². The van der Waals surface area contributed by atoms with Crippen LogP contribution >= 0.6 is 11.6 Å². The second-order valence-electron chi connectivity index (χ2n) is 4.57. The zero-order valence-corrected chi connectivity index (χ0v) is 10.0. The van der Waals surface area contributed by atoms with E-state index in [0.717, 1.165) is 18.4 Å². The van der Waals surface area contributed by atoms with Gasteiger partial charge in [-0.05, 0) is 30.4 Å². The van der Waals surface area contributed by atoms with Gasteiger partial charge in [0.2, 0.25) is 0 Å². The molecule has 0 amide bonds. The summed E-state index contributed by atoms with van der Waals surface area (Å²) >= 11 is 5.95. The second-order valence-corrected chi connectivity index (χ2v) is 4.94. The van der Waals surface area contributed by atoms with Crippen LogP contribution in [0, 0.1) is 11.7 Å². The van der Waals surface area contributed by atoms with Crippen molar-refractivity contribution in [2.75, 3.05) is 0 Å².